The maximum absolute atomic E-state index is 12.3. The molecule has 0 radical (unpaired) electrons. The third kappa shape index (κ3) is 4.26. The van der Waals surface area contributed by atoms with Crippen LogP contribution in [0, 0.1) is 0 Å². The lowest BCUT2D eigenvalue weighted by atomic mass is 10.2. The average molecular weight is 398 g/mol. The van der Waals surface area contributed by atoms with Crippen LogP contribution >= 0.6 is 27.5 Å². The van der Waals surface area contributed by atoms with Gasteiger partial charge in [0.15, 0.2) is 0 Å². The van der Waals surface area contributed by atoms with Gasteiger partial charge in [0.25, 0.3) is 0 Å². The minimum atomic E-state index is 0.183. The van der Waals surface area contributed by atoms with E-state index in [4.69, 9.17) is 11.6 Å². The summed E-state index contributed by atoms with van der Waals surface area (Å²) in [5.74, 6) is 0.183. The molecule has 5 nitrogen and oxygen atoms in total. The van der Waals surface area contributed by atoms with Crippen molar-refractivity contribution < 1.29 is 4.79 Å². The fourth-order valence-electron chi connectivity index (χ4n) is 2.72. The van der Waals surface area contributed by atoms with Gasteiger partial charge in [0.2, 0.25) is 5.91 Å². The van der Waals surface area contributed by atoms with Gasteiger partial charge in [-0.25, -0.2) is 0 Å². The molecule has 0 spiro atoms. The Morgan fingerprint density at radius 1 is 1.26 bits per heavy atom. The third-order valence-electron chi connectivity index (χ3n) is 3.96. The number of carbonyl (C=O) groups is 1. The first-order valence-electron chi connectivity index (χ1n) is 7.58. The molecule has 2 aromatic rings. The van der Waals surface area contributed by atoms with Crippen LogP contribution in [0.2, 0.25) is 5.02 Å². The fourth-order valence-corrected chi connectivity index (χ4v) is 3.23. The molecule has 0 unspecified atom stereocenters. The summed E-state index contributed by atoms with van der Waals surface area (Å²) in [6, 6.07) is 7.85. The number of carbonyl (C=O) groups excluding carboxylic acids is 1. The molecule has 1 aliphatic heterocycles. The summed E-state index contributed by atoms with van der Waals surface area (Å²) < 4.78 is 2.71. The Kier molecular flexibility index (Phi) is 5.23. The van der Waals surface area contributed by atoms with Crippen molar-refractivity contribution in [3.05, 3.63) is 46.2 Å². The van der Waals surface area contributed by atoms with Crippen LogP contribution in [-0.2, 0) is 11.3 Å². The first kappa shape index (κ1) is 16.3. The van der Waals surface area contributed by atoms with E-state index >= 15 is 0 Å². The highest BCUT2D eigenvalue weighted by atomic mass is 79.9. The van der Waals surface area contributed by atoms with Gasteiger partial charge in [-0.05, 0) is 34.1 Å². The Morgan fingerprint density at radius 2 is 2.04 bits per heavy atom. The highest BCUT2D eigenvalue weighted by Gasteiger charge is 2.21. The first-order chi connectivity index (χ1) is 11.1. The van der Waals surface area contributed by atoms with Crippen LogP contribution in [0.1, 0.15) is 6.42 Å². The molecule has 122 valence electrons. The van der Waals surface area contributed by atoms with Crippen LogP contribution in [0.4, 0.5) is 5.69 Å². The number of aryl methyl sites for hydroxylation is 1. The summed E-state index contributed by atoms with van der Waals surface area (Å²) >= 11 is 9.40. The monoisotopic (exact) mass is 396 g/mol. The zero-order valence-corrected chi connectivity index (χ0v) is 15.0. The normalized spacial score (nSPS) is 15.0. The summed E-state index contributed by atoms with van der Waals surface area (Å²) in [6.45, 7) is 3.76. The maximum Gasteiger partial charge on any atom is 0.224 e. The van der Waals surface area contributed by atoms with Crippen LogP contribution in [0.3, 0.4) is 0 Å². The van der Waals surface area contributed by atoms with Crippen LogP contribution in [0.25, 0.3) is 0 Å². The molecule has 1 amide bonds. The van der Waals surface area contributed by atoms with Gasteiger partial charge in [0.1, 0.15) is 0 Å². The SMILES string of the molecule is O=C(CCn1cc(Br)cn1)N1CCN(c2cccc(Cl)c2)CC1. The third-order valence-corrected chi connectivity index (χ3v) is 4.61. The van der Waals surface area contributed by atoms with Crippen molar-refractivity contribution in [1.29, 1.82) is 0 Å². The number of aromatic nitrogens is 2. The Hall–Kier alpha value is -1.53. The average Bonchev–Trinajstić information content (AvgIpc) is 2.98. The van der Waals surface area contributed by atoms with E-state index in [0.29, 0.717) is 13.0 Å². The lowest BCUT2D eigenvalue weighted by Crippen LogP contribution is -2.49. The number of benzene rings is 1. The quantitative estimate of drug-likeness (QED) is 0.796. The van der Waals surface area contributed by atoms with Gasteiger partial charge < -0.3 is 9.80 Å². The van der Waals surface area contributed by atoms with E-state index in [9.17, 15) is 4.79 Å². The van der Waals surface area contributed by atoms with Gasteiger partial charge in [-0.3, -0.25) is 9.48 Å². The van der Waals surface area contributed by atoms with E-state index in [1.807, 2.05) is 29.3 Å². The molecule has 1 aliphatic rings. The molecule has 1 saturated heterocycles. The van der Waals surface area contributed by atoms with Crippen LogP contribution in [-0.4, -0.2) is 46.8 Å². The van der Waals surface area contributed by atoms with Crippen LogP contribution in [0.5, 0.6) is 0 Å². The van der Waals surface area contributed by atoms with Crippen molar-refractivity contribution in [2.24, 2.45) is 0 Å². The van der Waals surface area contributed by atoms with Gasteiger partial charge in [0.05, 0.1) is 10.7 Å². The van der Waals surface area contributed by atoms with Crippen molar-refractivity contribution in [1.82, 2.24) is 14.7 Å². The number of hydrogen-bond donors (Lipinski definition) is 0. The smallest absolute Gasteiger partial charge is 0.224 e. The van der Waals surface area contributed by atoms with E-state index in [1.165, 1.54) is 0 Å². The topological polar surface area (TPSA) is 41.4 Å². The molecule has 23 heavy (non-hydrogen) atoms. The molecular weight excluding hydrogens is 380 g/mol. The van der Waals surface area contributed by atoms with Gasteiger partial charge in [0, 0.05) is 56.1 Å². The minimum Gasteiger partial charge on any atom is -0.368 e. The summed E-state index contributed by atoms with van der Waals surface area (Å²) in [6.07, 6.45) is 4.09. The number of hydrogen-bond acceptors (Lipinski definition) is 3. The molecule has 1 fully saturated rings. The lowest BCUT2D eigenvalue weighted by molar-refractivity contribution is -0.131. The fraction of sp³-hybridized carbons (Fsp3) is 0.375. The Bertz CT molecular complexity index is 682. The molecular formula is C16H18BrClN4O. The predicted molar refractivity (Wildman–Crippen MR) is 94.8 cm³/mol. The summed E-state index contributed by atoms with van der Waals surface area (Å²) in [4.78, 5) is 16.5. The van der Waals surface area contributed by atoms with Crippen molar-refractivity contribution in [2.75, 3.05) is 31.1 Å². The second kappa shape index (κ2) is 7.36. The van der Waals surface area contributed by atoms with Crippen molar-refractivity contribution in [3.8, 4) is 0 Å². The number of piperazine rings is 1. The highest BCUT2D eigenvalue weighted by Crippen LogP contribution is 2.21. The summed E-state index contributed by atoms with van der Waals surface area (Å²) in [7, 11) is 0. The van der Waals surface area contributed by atoms with E-state index in [0.717, 1.165) is 41.4 Å². The second-order valence-corrected chi connectivity index (χ2v) is 6.87. The van der Waals surface area contributed by atoms with E-state index < -0.39 is 0 Å². The van der Waals surface area contributed by atoms with E-state index in [1.54, 1.807) is 10.9 Å². The molecule has 0 bridgehead atoms. The van der Waals surface area contributed by atoms with Crippen molar-refractivity contribution in [3.63, 3.8) is 0 Å². The van der Waals surface area contributed by atoms with Gasteiger partial charge in [-0.2, -0.15) is 5.10 Å². The van der Waals surface area contributed by atoms with E-state index in [-0.39, 0.29) is 5.91 Å². The number of amides is 1. The number of halogens is 2. The molecule has 0 N–H and O–H groups in total. The van der Waals surface area contributed by atoms with Crippen molar-refractivity contribution >= 4 is 39.1 Å². The van der Waals surface area contributed by atoms with Gasteiger partial charge in [-0.1, -0.05) is 17.7 Å². The lowest BCUT2D eigenvalue weighted by Gasteiger charge is -2.36. The zero-order chi connectivity index (χ0) is 16.2. The van der Waals surface area contributed by atoms with E-state index in [2.05, 4.69) is 32.0 Å². The molecule has 7 heteroatoms. The van der Waals surface area contributed by atoms with Gasteiger partial charge in [-0.15, -0.1) is 0 Å². The molecule has 2 heterocycles. The zero-order valence-electron chi connectivity index (χ0n) is 12.7. The first-order valence-corrected chi connectivity index (χ1v) is 8.75. The molecule has 0 atom stereocenters. The standard InChI is InChI=1S/C16H18BrClN4O/c17-13-11-19-22(12-13)5-4-16(23)21-8-6-20(7-9-21)15-3-1-2-14(18)10-15/h1-3,10-12H,4-9H2. The number of nitrogens with zero attached hydrogens (tertiary/aromatic N) is 4. The summed E-state index contributed by atoms with van der Waals surface area (Å²) in [5.41, 5.74) is 1.12. The van der Waals surface area contributed by atoms with Gasteiger partial charge >= 0.3 is 0 Å². The number of rotatable bonds is 4. The molecule has 3 rings (SSSR count). The Labute approximate surface area is 148 Å². The summed E-state index contributed by atoms with van der Waals surface area (Å²) in [5, 5.41) is 4.91. The Morgan fingerprint density at radius 3 is 2.70 bits per heavy atom. The van der Waals surface area contributed by atoms with Crippen molar-refractivity contribution in [2.45, 2.75) is 13.0 Å². The predicted octanol–water partition coefficient (Wildman–Crippen LogP) is 3.04. The second-order valence-electron chi connectivity index (χ2n) is 5.52. The molecule has 1 aromatic heterocycles. The highest BCUT2D eigenvalue weighted by molar-refractivity contribution is 9.10. The maximum atomic E-state index is 12.3. The van der Waals surface area contributed by atoms with Crippen LogP contribution in [0.15, 0.2) is 41.1 Å². The molecule has 0 saturated carbocycles. The Balaban J connectivity index is 1.49. The minimum absolute atomic E-state index is 0.183. The molecule has 0 aliphatic carbocycles. The molecule has 1 aromatic carbocycles. The van der Waals surface area contributed by atoms with Crippen LogP contribution < -0.4 is 4.90 Å². The number of anilines is 1. The largest absolute Gasteiger partial charge is 0.368 e.